The Bertz CT molecular complexity index is 427. The predicted octanol–water partition coefficient (Wildman–Crippen LogP) is -1.31. The molecule has 1 aliphatic heterocycles. The molecule has 0 aromatic carbocycles. The fourth-order valence-corrected chi connectivity index (χ4v) is 2.01. The Hall–Kier alpha value is -1.93. The average molecular weight is 266 g/mol. The molecule has 8 heteroatoms. The minimum atomic E-state index is -0.0492. The Kier molecular flexibility index (Phi) is 4.48. The van der Waals surface area contributed by atoms with Gasteiger partial charge in [-0.25, -0.2) is 9.97 Å². The second kappa shape index (κ2) is 6.30. The highest BCUT2D eigenvalue weighted by atomic mass is 16.4. The Morgan fingerprint density at radius 2 is 2.00 bits per heavy atom. The topological polar surface area (TPSA) is 111 Å². The first-order valence-corrected chi connectivity index (χ1v) is 6.12. The number of aromatic nitrogens is 2. The highest BCUT2D eigenvalue weighted by molar-refractivity contribution is 5.94. The molecule has 19 heavy (non-hydrogen) atoms. The Morgan fingerprint density at radius 1 is 1.26 bits per heavy atom. The van der Waals surface area contributed by atoms with Gasteiger partial charge in [-0.1, -0.05) is 5.16 Å². The summed E-state index contributed by atoms with van der Waals surface area (Å²) in [6, 6.07) is 0. The molecule has 1 aliphatic rings. The van der Waals surface area contributed by atoms with Crippen LogP contribution < -0.4 is 10.6 Å². The van der Waals surface area contributed by atoms with Gasteiger partial charge in [-0.2, -0.15) is 0 Å². The zero-order valence-corrected chi connectivity index (χ0v) is 10.6. The van der Waals surface area contributed by atoms with Crippen LogP contribution in [-0.4, -0.2) is 70.3 Å². The van der Waals surface area contributed by atoms with E-state index in [0.717, 1.165) is 32.0 Å². The average Bonchev–Trinajstić information content (AvgIpc) is 2.48. The van der Waals surface area contributed by atoms with Crippen molar-refractivity contribution in [3.05, 3.63) is 18.1 Å². The van der Waals surface area contributed by atoms with Crippen LogP contribution in [0, 0.1) is 0 Å². The SMILES string of the molecule is NC(=NO)c1cnc(N2CCN(CCO)CC2)cn1. The van der Waals surface area contributed by atoms with E-state index >= 15 is 0 Å². The molecule has 104 valence electrons. The van der Waals surface area contributed by atoms with Crippen LogP contribution >= 0.6 is 0 Å². The number of piperazine rings is 1. The number of amidine groups is 1. The van der Waals surface area contributed by atoms with E-state index in [1.165, 1.54) is 6.20 Å². The van der Waals surface area contributed by atoms with Gasteiger partial charge < -0.3 is 20.9 Å². The lowest BCUT2D eigenvalue weighted by Gasteiger charge is -2.34. The second-order valence-electron chi connectivity index (χ2n) is 4.30. The zero-order valence-electron chi connectivity index (χ0n) is 10.6. The molecule has 0 spiro atoms. The third-order valence-corrected chi connectivity index (χ3v) is 3.12. The molecule has 0 aliphatic carbocycles. The first-order chi connectivity index (χ1) is 9.24. The van der Waals surface area contributed by atoms with Gasteiger partial charge in [0.15, 0.2) is 5.84 Å². The van der Waals surface area contributed by atoms with Gasteiger partial charge in [0.1, 0.15) is 11.5 Å². The summed E-state index contributed by atoms with van der Waals surface area (Å²) >= 11 is 0. The van der Waals surface area contributed by atoms with Crippen molar-refractivity contribution in [3.63, 3.8) is 0 Å². The van der Waals surface area contributed by atoms with Crippen molar-refractivity contribution in [3.8, 4) is 0 Å². The van der Waals surface area contributed by atoms with Crippen molar-refractivity contribution < 1.29 is 10.3 Å². The van der Waals surface area contributed by atoms with Gasteiger partial charge in [0, 0.05) is 32.7 Å². The molecule has 0 saturated carbocycles. The van der Waals surface area contributed by atoms with E-state index in [9.17, 15) is 0 Å². The summed E-state index contributed by atoms with van der Waals surface area (Å²) in [6.45, 7) is 4.37. The van der Waals surface area contributed by atoms with Gasteiger partial charge >= 0.3 is 0 Å². The summed E-state index contributed by atoms with van der Waals surface area (Å²) in [5.74, 6) is 0.727. The summed E-state index contributed by atoms with van der Waals surface area (Å²) in [5, 5.41) is 20.3. The molecule has 0 unspecified atom stereocenters. The van der Waals surface area contributed by atoms with Crippen molar-refractivity contribution in [1.82, 2.24) is 14.9 Å². The van der Waals surface area contributed by atoms with Crippen LogP contribution in [0.1, 0.15) is 5.69 Å². The number of anilines is 1. The number of hydrogen-bond acceptors (Lipinski definition) is 7. The van der Waals surface area contributed by atoms with Gasteiger partial charge in [-0.3, -0.25) is 4.90 Å². The number of aliphatic hydroxyl groups is 1. The van der Waals surface area contributed by atoms with Crippen LogP contribution in [0.15, 0.2) is 17.5 Å². The van der Waals surface area contributed by atoms with E-state index in [-0.39, 0.29) is 12.4 Å². The van der Waals surface area contributed by atoms with Crippen LogP contribution in [0.4, 0.5) is 5.82 Å². The van der Waals surface area contributed by atoms with Crippen molar-refractivity contribution >= 4 is 11.7 Å². The van der Waals surface area contributed by atoms with Gasteiger partial charge in [0.25, 0.3) is 0 Å². The van der Waals surface area contributed by atoms with Crippen LogP contribution in [-0.2, 0) is 0 Å². The normalized spacial score (nSPS) is 17.7. The van der Waals surface area contributed by atoms with Crippen molar-refractivity contribution in [2.24, 2.45) is 10.9 Å². The third kappa shape index (κ3) is 3.30. The quantitative estimate of drug-likeness (QED) is 0.268. The first kappa shape index (κ1) is 13.5. The smallest absolute Gasteiger partial charge is 0.190 e. The number of nitrogens with zero attached hydrogens (tertiary/aromatic N) is 5. The number of oxime groups is 1. The molecule has 0 radical (unpaired) electrons. The van der Waals surface area contributed by atoms with Crippen LogP contribution in [0.25, 0.3) is 0 Å². The molecule has 1 aromatic rings. The van der Waals surface area contributed by atoms with E-state index < -0.39 is 0 Å². The lowest BCUT2D eigenvalue weighted by atomic mass is 10.3. The second-order valence-corrected chi connectivity index (χ2v) is 4.30. The van der Waals surface area contributed by atoms with Crippen LogP contribution in [0.3, 0.4) is 0 Å². The fourth-order valence-electron chi connectivity index (χ4n) is 2.01. The monoisotopic (exact) mass is 266 g/mol. The summed E-state index contributed by atoms with van der Waals surface area (Å²) in [7, 11) is 0. The molecule has 0 atom stereocenters. The highest BCUT2D eigenvalue weighted by Crippen LogP contribution is 2.12. The standard InChI is InChI=1S/C11H18N6O2/c12-11(15-19)9-7-14-10(8-13-9)17-3-1-16(2-4-17)5-6-18/h7-8,18-19H,1-6H2,(H2,12,15). The number of nitrogens with two attached hydrogens (primary N) is 1. The highest BCUT2D eigenvalue weighted by Gasteiger charge is 2.17. The minimum absolute atomic E-state index is 0.0492. The van der Waals surface area contributed by atoms with Gasteiger partial charge in [-0.15, -0.1) is 0 Å². The van der Waals surface area contributed by atoms with Crippen LogP contribution in [0.5, 0.6) is 0 Å². The maximum absolute atomic E-state index is 8.89. The minimum Gasteiger partial charge on any atom is -0.409 e. The number of hydrogen-bond donors (Lipinski definition) is 3. The molecular formula is C11H18N6O2. The summed E-state index contributed by atoms with van der Waals surface area (Å²) in [4.78, 5) is 12.7. The molecule has 1 saturated heterocycles. The van der Waals surface area contributed by atoms with Crippen molar-refractivity contribution in [2.75, 3.05) is 44.2 Å². The van der Waals surface area contributed by atoms with E-state index in [1.54, 1.807) is 6.20 Å². The van der Waals surface area contributed by atoms with Crippen molar-refractivity contribution in [1.29, 1.82) is 0 Å². The van der Waals surface area contributed by atoms with E-state index in [0.29, 0.717) is 12.2 Å². The summed E-state index contributed by atoms with van der Waals surface area (Å²) in [6.07, 6.45) is 3.11. The van der Waals surface area contributed by atoms with E-state index in [4.69, 9.17) is 16.0 Å². The van der Waals surface area contributed by atoms with Crippen LogP contribution in [0.2, 0.25) is 0 Å². The Morgan fingerprint density at radius 3 is 2.53 bits per heavy atom. The van der Waals surface area contributed by atoms with E-state index in [1.807, 2.05) is 0 Å². The Balaban J connectivity index is 1.96. The molecule has 0 amide bonds. The lowest BCUT2D eigenvalue weighted by Crippen LogP contribution is -2.47. The molecule has 2 heterocycles. The van der Waals surface area contributed by atoms with Gasteiger partial charge in [-0.05, 0) is 0 Å². The summed E-state index contributed by atoms with van der Waals surface area (Å²) < 4.78 is 0. The molecule has 8 nitrogen and oxygen atoms in total. The lowest BCUT2D eigenvalue weighted by molar-refractivity contribution is 0.188. The maximum atomic E-state index is 8.89. The summed E-state index contributed by atoms with van der Waals surface area (Å²) in [5.41, 5.74) is 5.78. The van der Waals surface area contributed by atoms with Crippen molar-refractivity contribution in [2.45, 2.75) is 0 Å². The molecule has 4 N–H and O–H groups in total. The molecule has 1 fully saturated rings. The molecule has 2 rings (SSSR count). The first-order valence-electron chi connectivity index (χ1n) is 6.12. The molecular weight excluding hydrogens is 248 g/mol. The largest absolute Gasteiger partial charge is 0.409 e. The Labute approximate surface area is 111 Å². The predicted molar refractivity (Wildman–Crippen MR) is 70.3 cm³/mol. The van der Waals surface area contributed by atoms with Gasteiger partial charge in [0.05, 0.1) is 19.0 Å². The van der Waals surface area contributed by atoms with E-state index in [2.05, 4.69) is 24.9 Å². The maximum Gasteiger partial charge on any atom is 0.190 e. The number of rotatable bonds is 4. The third-order valence-electron chi connectivity index (χ3n) is 3.12. The number of β-amino-alcohol motifs (C(OH)–C–C–N with tert-alkyl or cyclic N) is 1. The zero-order chi connectivity index (χ0) is 13.7. The fraction of sp³-hybridized carbons (Fsp3) is 0.545. The molecule has 1 aromatic heterocycles. The molecule has 0 bridgehead atoms. The van der Waals surface area contributed by atoms with Gasteiger partial charge in [0.2, 0.25) is 0 Å². The number of aliphatic hydroxyl groups excluding tert-OH is 1.